The van der Waals surface area contributed by atoms with Gasteiger partial charge in [0.2, 0.25) is 0 Å². The summed E-state index contributed by atoms with van der Waals surface area (Å²) in [5.41, 5.74) is 7.97. The van der Waals surface area contributed by atoms with Crippen molar-refractivity contribution in [3.8, 4) is 5.69 Å². The molecule has 0 spiro atoms. The third kappa shape index (κ3) is 5.21. The van der Waals surface area contributed by atoms with E-state index in [9.17, 15) is 0 Å². The second kappa shape index (κ2) is 13.7. The van der Waals surface area contributed by atoms with Crippen molar-refractivity contribution < 1.29 is 4.42 Å². The van der Waals surface area contributed by atoms with Crippen LogP contribution >= 0.6 is 22.7 Å². The lowest BCUT2D eigenvalue weighted by Gasteiger charge is -2.25. The number of benzene rings is 10. The zero-order chi connectivity index (χ0) is 43.0. The SMILES string of the molecule is c1ccc2cc3c(cc2c1)c1c2ccccc2ccc1n3-c1cc(C2=NC(c3cccc4c3sc3ccccc34)=NC(c3cccc4c3sc3ccccc34)N2)c2c(c1)oc1ccccc12. The van der Waals surface area contributed by atoms with Crippen molar-refractivity contribution in [1.82, 2.24) is 9.88 Å². The van der Waals surface area contributed by atoms with Gasteiger partial charge >= 0.3 is 0 Å². The minimum Gasteiger partial charge on any atom is -0.456 e. The van der Waals surface area contributed by atoms with E-state index in [2.05, 4.69) is 198 Å². The molecule has 5 nitrogen and oxygen atoms in total. The van der Waals surface area contributed by atoms with Gasteiger partial charge in [0.1, 0.15) is 23.2 Å². The highest BCUT2D eigenvalue weighted by molar-refractivity contribution is 7.26. The van der Waals surface area contributed by atoms with Gasteiger partial charge in [0.05, 0.1) is 16.7 Å². The minimum atomic E-state index is -0.434. The molecule has 0 saturated heterocycles. The molecule has 1 aliphatic rings. The molecular formula is C59H34N4OS2. The lowest BCUT2D eigenvalue weighted by molar-refractivity contribution is 0.668. The summed E-state index contributed by atoms with van der Waals surface area (Å²) in [6.07, 6.45) is -0.434. The number of aromatic nitrogens is 1. The van der Waals surface area contributed by atoms with Gasteiger partial charge in [-0.05, 0) is 70.1 Å². The first-order valence-corrected chi connectivity index (χ1v) is 23.9. The predicted molar refractivity (Wildman–Crippen MR) is 281 cm³/mol. The monoisotopic (exact) mass is 878 g/mol. The van der Waals surface area contributed by atoms with Crippen molar-refractivity contribution in [2.75, 3.05) is 0 Å². The molecule has 1 unspecified atom stereocenters. The Morgan fingerprint density at radius 1 is 0.455 bits per heavy atom. The molecule has 4 aromatic heterocycles. The molecule has 0 aliphatic carbocycles. The van der Waals surface area contributed by atoms with Crippen LogP contribution in [0.1, 0.15) is 22.9 Å². The predicted octanol–water partition coefficient (Wildman–Crippen LogP) is 16.2. The smallest absolute Gasteiger partial charge is 0.160 e. The summed E-state index contributed by atoms with van der Waals surface area (Å²) in [5, 5.41) is 18.3. The average Bonchev–Trinajstić information content (AvgIpc) is 4.14. The molecule has 1 atom stereocenters. The van der Waals surface area contributed by atoms with Gasteiger partial charge < -0.3 is 14.3 Å². The van der Waals surface area contributed by atoms with E-state index in [4.69, 9.17) is 14.4 Å². The number of rotatable bonds is 4. The summed E-state index contributed by atoms with van der Waals surface area (Å²) in [4.78, 5) is 11.2. The van der Waals surface area contributed by atoms with Gasteiger partial charge in [0, 0.05) is 84.6 Å². The van der Waals surface area contributed by atoms with Gasteiger partial charge in [0.25, 0.3) is 0 Å². The highest BCUT2D eigenvalue weighted by Gasteiger charge is 2.28. The molecule has 1 aliphatic heterocycles. The van der Waals surface area contributed by atoms with Crippen LogP contribution in [0.4, 0.5) is 0 Å². The Morgan fingerprint density at radius 2 is 1.11 bits per heavy atom. The number of aliphatic imine (C=N–C) groups is 2. The fourth-order valence-electron chi connectivity index (χ4n) is 10.7. The van der Waals surface area contributed by atoms with Crippen LogP contribution in [0.2, 0.25) is 0 Å². The molecule has 0 fully saturated rings. The molecular weight excluding hydrogens is 845 g/mol. The Labute approximate surface area is 384 Å². The van der Waals surface area contributed by atoms with Crippen molar-refractivity contribution in [2.24, 2.45) is 9.98 Å². The second-order valence-corrected chi connectivity index (χ2v) is 19.4. The van der Waals surface area contributed by atoms with E-state index in [1.807, 2.05) is 17.4 Å². The van der Waals surface area contributed by atoms with Gasteiger partial charge in [-0.15, -0.1) is 22.7 Å². The summed E-state index contributed by atoms with van der Waals surface area (Å²) >= 11 is 3.63. The maximum Gasteiger partial charge on any atom is 0.160 e. The van der Waals surface area contributed by atoms with Crippen LogP contribution in [0.15, 0.2) is 209 Å². The molecule has 308 valence electrons. The highest BCUT2D eigenvalue weighted by Crippen LogP contribution is 2.44. The van der Waals surface area contributed by atoms with Gasteiger partial charge in [-0.2, -0.15) is 0 Å². The minimum absolute atomic E-state index is 0.434. The number of para-hydroxylation sites is 1. The number of thiophene rings is 2. The maximum absolute atomic E-state index is 6.87. The van der Waals surface area contributed by atoms with E-state index in [1.54, 1.807) is 11.3 Å². The summed E-state index contributed by atoms with van der Waals surface area (Å²) in [6.45, 7) is 0. The number of hydrogen-bond donors (Lipinski definition) is 1. The van der Waals surface area contributed by atoms with E-state index in [0.29, 0.717) is 5.84 Å². The van der Waals surface area contributed by atoms with Crippen molar-refractivity contribution in [2.45, 2.75) is 6.17 Å². The highest BCUT2D eigenvalue weighted by atomic mass is 32.1. The Bertz CT molecular complexity index is 4470. The first kappa shape index (κ1) is 36.3. The number of fused-ring (bicyclic) bond motifs is 15. The normalized spacial score (nSPS) is 14.5. The first-order valence-electron chi connectivity index (χ1n) is 22.2. The van der Waals surface area contributed by atoms with E-state index < -0.39 is 6.17 Å². The summed E-state index contributed by atoms with van der Waals surface area (Å²) < 4.78 is 14.2. The molecule has 0 radical (unpaired) electrons. The van der Waals surface area contributed by atoms with Crippen LogP contribution in [-0.4, -0.2) is 16.2 Å². The van der Waals surface area contributed by atoms with Gasteiger partial charge in [-0.3, -0.25) is 0 Å². The van der Waals surface area contributed by atoms with Crippen molar-refractivity contribution in [3.63, 3.8) is 0 Å². The van der Waals surface area contributed by atoms with Crippen LogP contribution in [0.5, 0.6) is 0 Å². The number of amidine groups is 2. The molecule has 0 saturated carbocycles. The maximum atomic E-state index is 6.87. The van der Waals surface area contributed by atoms with E-state index in [1.165, 1.54) is 72.7 Å². The van der Waals surface area contributed by atoms with E-state index in [-0.39, 0.29) is 0 Å². The van der Waals surface area contributed by atoms with Crippen molar-refractivity contribution >= 4 is 140 Å². The van der Waals surface area contributed by atoms with Crippen LogP contribution in [0.3, 0.4) is 0 Å². The molecule has 14 aromatic rings. The van der Waals surface area contributed by atoms with Gasteiger partial charge in [0.15, 0.2) is 5.84 Å². The number of nitrogens with zero attached hydrogens (tertiary/aromatic N) is 3. The molecule has 10 aromatic carbocycles. The van der Waals surface area contributed by atoms with Crippen LogP contribution in [0, 0.1) is 0 Å². The fraction of sp³-hybridized carbons (Fsp3) is 0.0169. The third-order valence-electron chi connectivity index (χ3n) is 13.6. The van der Waals surface area contributed by atoms with Crippen molar-refractivity contribution in [1.29, 1.82) is 0 Å². The van der Waals surface area contributed by atoms with Gasteiger partial charge in [-0.25, -0.2) is 9.98 Å². The molecule has 0 bridgehead atoms. The Kier molecular flexibility index (Phi) is 7.53. The molecule has 5 heterocycles. The van der Waals surface area contributed by atoms with Gasteiger partial charge in [-0.1, -0.05) is 140 Å². The van der Waals surface area contributed by atoms with Crippen LogP contribution < -0.4 is 5.32 Å². The summed E-state index contributed by atoms with van der Waals surface area (Å²) in [7, 11) is 0. The lowest BCUT2D eigenvalue weighted by atomic mass is 10.0. The third-order valence-corrected chi connectivity index (χ3v) is 16.1. The molecule has 7 heteroatoms. The number of hydrogen-bond acceptors (Lipinski definition) is 6. The first-order chi connectivity index (χ1) is 32.7. The van der Waals surface area contributed by atoms with E-state index >= 15 is 0 Å². The van der Waals surface area contributed by atoms with E-state index in [0.717, 1.165) is 61.2 Å². The zero-order valence-electron chi connectivity index (χ0n) is 35.1. The Hall–Kier alpha value is -8.10. The quantitative estimate of drug-likeness (QED) is 0.191. The van der Waals surface area contributed by atoms with Crippen LogP contribution in [-0.2, 0) is 0 Å². The number of nitrogens with one attached hydrogen (secondary N) is 1. The summed E-state index contributed by atoms with van der Waals surface area (Å²) in [5.74, 6) is 1.45. The molecule has 15 rings (SSSR count). The van der Waals surface area contributed by atoms with Crippen molar-refractivity contribution in [3.05, 3.63) is 211 Å². The fourth-order valence-corrected chi connectivity index (χ4v) is 13.1. The topological polar surface area (TPSA) is 54.8 Å². The molecule has 1 N–H and O–H groups in total. The standard InChI is InChI=1S/C59H34N4OS2/c1-2-15-35-30-48-45(29-34(35)14-1)53-37-16-4-3-13-33(37)27-28-47(53)63(48)36-31-46(54-42-19-5-8-24-49(42)64-50(54)32-36)59-61-57(43-22-11-20-40-38-17-6-9-25-51(38)65-55(40)43)60-58(62-59)44-23-12-21-41-39-18-7-10-26-52(39)66-56(41)44/h1-32,57H,(H,60,61,62). The lowest BCUT2D eigenvalue weighted by Crippen LogP contribution is -2.33. The Morgan fingerprint density at radius 3 is 1.92 bits per heavy atom. The zero-order valence-corrected chi connectivity index (χ0v) is 36.8. The number of furan rings is 1. The second-order valence-electron chi connectivity index (χ2n) is 17.3. The molecule has 0 amide bonds. The van der Waals surface area contributed by atoms with Crippen LogP contribution in [0.25, 0.3) is 111 Å². The summed E-state index contributed by atoms with van der Waals surface area (Å²) in [6, 6.07) is 70.1. The average molecular weight is 879 g/mol. The Balaban J connectivity index is 1.03. The molecule has 66 heavy (non-hydrogen) atoms. The largest absolute Gasteiger partial charge is 0.456 e.